The summed E-state index contributed by atoms with van der Waals surface area (Å²) < 4.78 is 0. The quantitative estimate of drug-likeness (QED) is 0.825. The number of aromatic nitrogens is 2. The van der Waals surface area contributed by atoms with Crippen molar-refractivity contribution in [1.29, 1.82) is 0 Å². The Labute approximate surface area is 118 Å². The van der Waals surface area contributed by atoms with Crippen molar-refractivity contribution in [1.82, 2.24) is 15.1 Å². The van der Waals surface area contributed by atoms with E-state index in [1.54, 1.807) is 0 Å². The van der Waals surface area contributed by atoms with Gasteiger partial charge in [-0.25, -0.2) is 0 Å². The van der Waals surface area contributed by atoms with Crippen LogP contribution in [-0.2, 0) is 0 Å². The van der Waals surface area contributed by atoms with Crippen LogP contribution in [0.4, 0.5) is 5.69 Å². The SMILES string of the molecule is CCC1CCCCN1C(=O)c1n[nH]c2ccc(N)cc12. The fourth-order valence-electron chi connectivity index (χ4n) is 3.02. The second kappa shape index (κ2) is 5.15. The minimum atomic E-state index is 0.0217. The summed E-state index contributed by atoms with van der Waals surface area (Å²) in [5.74, 6) is 0.0217. The number of hydrogen-bond donors (Lipinski definition) is 2. The largest absolute Gasteiger partial charge is 0.399 e. The van der Waals surface area contributed by atoms with Crippen LogP contribution in [0.1, 0.15) is 43.1 Å². The second-order valence-corrected chi connectivity index (χ2v) is 5.43. The molecule has 0 bridgehead atoms. The Hall–Kier alpha value is -2.04. The number of hydrogen-bond acceptors (Lipinski definition) is 3. The van der Waals surface area contributed by atoms with E-state index in [9.17, 15) is 4.79 Å². The predicted octanol–water partition coefficient (Wildman–Crippen LogP) is 2.55. The molecule has 1 aliphatic heterocycles. The van der Waals surface area contributed by atoms with E-state index in [0.29, 0.717) is 17.4 Å². The number of benzene rings is 1. The normalized spacial score (nSPS) is 19.4. The fraction of sp³-hybridized carbons (Fsp3) is 0.467. The summed E-state index contributed by atoms with van der Waals surface area (Å²) in [6.45, 7) is 2.96. The molecule has 2 aromatic rings. The smallest absolute Gasteiger partial charge is 0.275 e. The lowest BCUT2D eigenvalue weighted by Crippen LogP contribution is -2.43. The summed E-state index contributed by atoms with van der Waals surface area (Å²) in [6, 6.07) is 5.83. The molecule has 3 N–H and O–H groups in total. The number of nitrogens with two attached hydrogens (primary N) is 1. The number of anilines is 1. The third kappa shape index (κ3) is 2.13. The summed E-state index contributed by atoms with van der Waals surface area (Å²) in [6.07, 6.45) is 4.37. The highest BCUT2D eigenvalue weighted by Gasteiger charge is 2.28. The van der Waals surface area contributed by atoms with Crippen LogP contribution in [0.5, 0.6) is 0 Å². The van der Waals surface area contributed by atoms with Gasteiger partial charge in [0.1, 0.15) is 0 Å². The van der Waals surface area contributed by atoms with Gasteiger partial charge in [-0.1, -0.05) is 6.92 Å². The highest BCUT2D eigenvalue weighted by molar-refractivity contribution is 6.05. The number of H-pyrrole nitrogens is 1. The van der Waals surface area contributed by atoms with Crippen LogP contribution < -0.4 is 5.73 Å². The number of amides is 1. The van der Waals surface area contributed by atoms with Crippen molar-refractivity contribution in [2.45, 2.75) is 38.6 Å². The van der Waals surface area contributed by atoms with E-state index in [4.69, 9.17) is 5.73 Å². The topological polar surface area (TPSA) is 75.0 Å². The van der Waals surface area contributed by atoms with Gasteiger partial charge in [-0.3, -0.25) is 9.89 Å². The molecule has 1 saturated heterocycles. The Kier molecular flexibility index (Phi) is 3.34. The number of carbonyl (C=O) groups is 1. The summed E-state index contributed by atoms with van der Waals surface area (Å²) in [5, 5.41) is 7.94. The zero-order valence-corrected chi connectivity index (χ0v) is 11.7. The maximum absolute atomic E-state index is 12.8. The van der Waals surface area contributed by atoms with Gasteiger partial charge in [-0.05, 0) is 43.9 Å². The summed E-state index contributed by atoms with van der Waals surface area (Å²) in [4.78, 5) is 14.7. The fourth-order valence-corrected chi connectivity index (χ4v) is 3.02. The molecule has 1 aliphatic rings. The number of rotatable bonds is 2. The van der Waals surface area contributed by atoms with Crippen molar-refractivity contribution in [2.75, 3.05) is 12.3 Å². The van der Waals surface area contributed by atoms with Crippen LogP contribution in [0.25, 0.3) is 10.9 Å². The van der Waals surface area contributed by atoms with Crippen molar-refractivity contribution in [2.24, 2.45) is 0 Å². The van der Waals surface area contributed by atoms with Gasteiger partial charge in [0, 0.05) is 23.7 Å². The van der Waals surface area contributed by atoms with Crippen molar-refractivity contribution in [3.05, 3.63) is 23.9 Å². The highest BCUT2D eigenvalue weighted by atomic mass is 16.2. The van der Waals surface area contributed by atoms with E-state index >= 15 is 0 Å². The van der Waals surface area contributed by atoms with Crippen LogP contribution in [0, 0.1) is 0 Å². The van der Waals surface area contributed by atoms with Gasteiger partial charge >= 0.3 is 0 Å². The van der Waals surface area contributed by atoms with Crippen LogP contribution in [0.2, 0.25) is 0 Å². The van der Waals surface area contributed by atoms with Crippen molar-refractivity contribution in [3.63, 3.8) is 0 Å². The van der Waals surface area contributed by atoms with E-state index in [-0.39, 0.29) is 5.91 Å². The Balaban J connectivity index is 1.97. The van der Waals surface area contributed by atoms with Crippen molar-refractivity contribution >= 4 is 22.5 Å². The van der Waals surface area contributed by atoms with Crippen LogP contribution in [0.3, 0.4) is 0 Å². The standard InChI is InChI=1S/C15H20N4O/c1-2-11-5-3-4-8-19(11)15(20)14-12-9-10(16)6-7-13(12)17-18-14/h6-7,9,11H,2-5,8,16H2,1H3,(H,17,18). The molecule has 106 valence electrons. The lowest BCUT2D eigenvalue weighted by molar-refractivity contribution is 0.0604. The van der Waals surface area contributed by atoms with Crippen LogP contribution in [0.15, 0.2) is 18.2 Å². The summed E-state index contributed by atoms with van der Waals surface area (Å²) in [5.41, 5.74) is 7.82. The third-order valence-electron chi connectivity index (χ3n) is 4.15. The molecule has 3 rings (SSSR count). The van der Waals surface area contributed by atoms with Crippen molar-refractivity contribution in [3.8, 4) is 0 Å². The van der Waals surface area contributed by atoms with E-state index < -0.39 is 0 Å². The van der Waals surface area contributed by atoms with Gasteiger partial charge in [-0.15, -0.1) is 0 Å². The van der Waals surface area contributed by atoms with E-state index in [2.05, 4.69) is 17.1 Å². The van der Waals surface area contributed by atoms with Crippen LogP contribution >= 0.6 is 0 Å². The molecule has 0 radical (unpaired) electrons. The number of piperidine rings is 1. The first kappa shape index (κ1) is 13.0. The van der Waals surface area contributed by atoms with Gasteiger partial charge in [-0.2, -0.15) is 5.10 Å². The third-order valence-corrected chi connectivity index (χ3v) is 4.15. The number of nitrogen functional groups attached to an aromatic ring is 1. The molecule has 2 heterocycles. The molecule has 1 aromatic heterocycles. The molecule has 20 heavy (non-hydrogen) atoms. The molecule has 0 aliphatic carbocycles. The van der Waals surface area contributed by atoms with E-state index in [1.807, 2.05) is 23.1 Å². The molecule has 1 atom stereocenters. The Bertz CT molecular complexity index is 634. The molecular weight excluding hydrogens is 252 g/mol. The molecule has 0 spiro atoms. The molecular formula is C15H20N4O. The second-order valence-electron chi connectivity index (χ2n) is 5.43. The lowest BCUT2D eigenvalue weighted by atomic mass is 9.99. The first-order chi connectivity index (χ1) is 9.70. The first-order valence-electron chi connectivity index (χ1n) is 7.25. The average Bonchev–Trinajstić information content (AvgIpc) is 2.89. The van der Waals surface area contributed by atoms with E-state index in [0.717, 1.165) is 36.7 Å². The molecule has 5 nitrogen and oxygen atoms in total. The monoisotopic (exact) mass is 272 g/mol. The number of likely N-dealkylation sites (tertiary alicyclic amines) is 1. The van der Waals surface area contributed by atoms with Gasteiger partial charge in [0.2, 0.25) is 0 Å². The molecule has 1 amide bonds. The number of nitrogens with one attached hydrogen (secondary N) is 1. The van der Waals surface area contributed by atoms with E-state index in [1.165, 1.54) is 6.42 Å². The highest BCUT2D eigenvalue weighted by Crippen LogP contribution is 2.25. The maximum atomic E-state index is 12.8. The van der Waals surface area contributed by atoms with Crippen LogP contribution in [-0.4, -0.2) is 33.6 Å². The maximum Gasteiger partial charge on any atom is 0.275 e. The molecule has 0 saturated carbocycles. The number of aromatic amines is 1. The molecule has 1 fully saturated rings. The van der Waals surface area contributed by atoms with Gasteiger partial charge in [0.05, 0.1) is 5.52 Å². The number of carbonyl (C=O) groups excluding carboxylic acids is 1. The van der Waals surface area contributed by atoms with Gasteiger partial charge in [0.15, 0.2) is 5.69 Å². The Morgan fingerprint density at radius 1 is 1.50 bits per heavy atom. The summed E-state index contributed by atoms with van der Waals surface area (Å²) >= 11 is 0. The summed E-state index contributed by atoms with van der Waals surface area (Å²) in [7, 11) is 0. The zero-order valence-electron chi connectivity index (χ0n) is 11.7. The number of nitrogens with zero attached hydrogens (tertiary/aromatic N) is 2. The Morgan fingerprint density at radius 3 is 3.15 bits per heavy atom. The molecule has 5 heteroatoms. The van der Waals surface area contributed by atoms with Crippen molar-refractivity contribution < 1.29 is 4.79 Å². The predicted molar refractivity (Wildman–Crippen MR) is 79.5 cm³/mol. The molecule has 1 unspecified atom stereocenters. The average molecular weight is 272 g/mol. The number of fused-ring (bicyclic) bond motifs is 1. The van der Waals surface area contributed by atoms with Gasteiger partial charge < -0.3 is 10.6 Å². The zero-order chi connectivity index (χ0) is 14.1. The minimum Gasteiger partial charge on any atom is -0.399 e. The molecule has 1 aromatic carbocycles. The Morgan fingerprint density at radius 2 is 2.35 bits per heavy atom. The lowest BCUT2D eigenvalue weighted by Gasteiger charge is -2.34. The first-order valence-corrected chi connectivity index (χ1v) is 7.25. The van der Waals surface area contributed by atoms with Gasteiger partial charge in [0.25, 0.3) is 5.91 Å². The minimum absolute atomic E-state index is 0.0217.